The van der Waals surface area contributed by atoms with Gasteiger partial charge in [0.2, 0.25) is 0 Å². The minimum absolute atomic E-state index is 0.600. The summed E-state index contributed by atoms with van der Waals surface area (Å²) >= 11 is 0. The lowest BCUT2D eigenvalue weighted by Crippen LogP contribution is -2.46. The molecule has 0 amide bonds. The van der Waals surface area contributed by atoms with Crippen LogP contribution in [0.3, 0.4) is 0 Å². The third-order valence-corrected chi connectivity index (χ3v) is 5.86. The van der Waals surface area contributed by atoms with Crippen LogP contribution < -0.4 is 0 Å². The number of nitrogens with zero attached hydrogens (tertiary/aromatic N) is 3. The number of hydrogen-bond donors (Lipinski definition) is 1. The van der Waals surface area contributed by atoms with Crippen molar-refractivity contribution in [1.29, 1.82) is 0 Å². The number of piperidine rings is 1. The highest BCUT2D eigenvalue weighted by Gasteiger charge is 2.24. The first kappa shape index (κ1) is 18.9. The quantitative estimate of drug-likeness (QED) is 0.673. The molecule has 1 N–H and O–H groups in total. The fraction of sp³-hybridized carbons (Fsp3) is 0.375. The van der Waals surface area contributed by atoms with Gasteiger partial charge in [-0.25, -0.2) is 0 Å². The van der Waals surface area contributed by atoms with E-state index in [1.807, 2.05) is 6.20 Å². The van der Waals surface area contributed by atoms with Crippen LogP contribution in [0.2, 0.25) is 0 Å². The van der Waals surface area contributed by atoms with Crippen LogP contribution in [0.15, 0.2) is 66.9 Å². The van der Waals surface area contributed by atoms with Crippen LogP contribution in [-0.2, 0) is 13.0 Å². The van der Waals surface area contributed by atoms with Crippen molar-refractivity contribution in [1.82, 2.24) is 20.0 Å². The molecule has 1 atom stereocenters. The molecule has 0 bridgehead atoms. The van der Waals surface area contributed by atoms with E-state index >= 15 is 0 Å². The molecule has 0 saturated carbocycles. The summed E-state index contributed by atoms with van der Waals surface area (Å²) in [5, 5.41) is 7.50. The van der Waals surface area contributed by atoms with Gasteiger partial charge in [0.25, 0.3) is 0 Å². The number of H-pyrrole nitrogens is 1. The molecule has 4 rings (SSSR count). The predicted octanol–water partition coefficient (Wildman–Crippen LogP) is 4.22. The number of likely N-dealkylation sites (N-methyl/N-ethyl adjacent to an activating group) is 1. The number of likely N-dealkylation sites (tertiary alicyclic amines) is 1. The predicted molar refractivity (Wildman–Crippen MR) is 115 cm³/mol. The van der Waals surface area contributed by atoms with E-state index in [0.717, 1.165) is 31.7 Å². The molecule has 0 spiro atoms. The van der Waals surface area contributed by atoms with Crippen molar-refractivity contribution in [2.45, 2.75) is 31.8 Å². The zero-order valence-electron chi connectivity index (χ0n) is 16.7. The molecule has 0 aliphatic carbocycles. The Balaban J connectivity index is 1.35. The van der Waals surface area contributed by atoms with Gasteiger partial charge in [-0.15, -0.1) is 0 Å². The highest BCUT2D eigenvalue weighted by Crippen LogP contribution is 2.24. The molecule has 28 heavy (non-hydrogen) atoms. The number of benzene rings is 2. The van der Waals surface area contributed by atoms with Gasteiger partial charge in [-0.3, -0.25) is 10.00 Å². The van der Waals surface area contributed by atoms with Gasteiger partial charge in [-0.2, -0.15) is 5.10 Å². The van der Waals surface area contributed by atoms with E-state index < -0.39 is 0 Å². The van der Waals surface area contributed by atoms with E-state index in [0.29, 0.717) is 6.04 Å². The van der Waals surface area contributed by atoms with Crippen LogP contribution in [0.25, 0.3) is 11.3 Å². The maximum Gasteiger partial charge on any atom is 0.0695 e. The molecule has 1 aliphatic rings. The smallest absolute Gasteiger partial charge is 0.0695 e. The number of hydrogen-bond acceptors (Lipinski definition) is 3. The van der Waals surface area contributed by atoms with Gasteiger partial charge in [-0.1, -0.05) is 60.7 Å². The van der Waals surface area contributed by atoms with Crippen molar-refractivity contribution in [2.24, 2.45) is 0 Å². The molecular formula is C24H30N4. The van der Waals surface area contributed by atoms with E-state index in [4.69, 9.17) is 0 Å². The molecule has 4 nitrogen and oxygen atoms in total. The van der Waals surface area contributed by atoms with E-state index in [1.165, 1.54) is 36.1 Å². The average Bonchev–Trinajstić information content (AvgIpc) is 3.22. The Morgan fingerprint density at radius 1 is 1.07 bits per heavy atom. The molecule has 4 heteroatoms. The second-order valence-corrected chi connectivity index (χ2v) is 7.88. The van der Waals surface area contributed by atoms with Crippen LogP contribution in [0.5, 0.6) is 0 Å². The van der Waals surface area contributed by atoms with Gasteiger partial charge >= 0.3 is 0 Å². The van der Waals surface area contributed by atoms with Crippen molar-refractivity contribution in [2.75, 3.05) is 26.7 Å². The number of aromatic nitrogens is 2. The van der Waals surface area contributed by atoms with Crippen LogP contribution in [0, 0.1) is 0 Å². The fourth-order valence-electron chi connectivity index (χ4n) is 4.21. The molecule has 2 aromatic carbocycles. The van der Waals surface area contributed by atoms with Crippen LogP contribution in [-0.4, -0.2) is 52.7 Å². The molecule has 1 unspecified atom stereocenters. The lowest BCUT2D eigenvalue weighted by atomic mass is 10.0. The molecule has 1 aliphatic heterocycles. The first-order valence-electron chi connectivity index (χ1n) is 10.3. The Morgan fingerprint density at radius 2 is 1.82 bits per heavy atom. The monoisotopic (exact) mass is 374 g/mol. The summed E-state index contributed by atoms with van der Waals surface area (Å²) < 4.78 is 0. The Labute approximate surface area is 168 Å². The lowest BCUT2D eigenvalue weighted by molar-refractivity contribution is 0.113. The Morgan fingerprint density at radius 3 is 2.61 bits per heavy atom. The van der Waals surface area contributed by atoms with Crippen LogP contribution >= 0.6 is 0 Å². The van der Waals surface area contributed by atoms with Gasteiger partial charge in [0.05, 0.1) is 11.9 Å². The van der Waals surface area contributed by atoms with Crippen molar-refractivity contribution in [3.8, 4) is 11.3 Å². The first-order chi connectivity index (χ1) is 13.8. The van der Waals surface area contributed by atoms with Gasteiger partial charge in [0.1, 0.15) is 0 Å². The minimum atomic E-state index is 0.600. The number of aromatic amines is 1. The molecular weight excluding hydrogens is 344 g/mol. The highest BCUT2D eigenvalue weighted by molar-refractivity contribution is 5.62. The molecule has 0 radical (unpaired) electrons. The SMILES string of the molecule is CN(Cc1cn[nH]c1-c1ccccc1)C1CCCN(CCc2ccccc2)C1. The molecule has 146 valence electrons. The maximum absolute atomic E-state index is 4.31. The van der Waals surface area contributed by atoms with Crippen LogP contribution in [0.1, 0.15) is 24.0 Å². The maximum atomic E-state index is 4.31. The Hall–Kier alpha value is -2.43. The number of nitrogens with one attached hydrogen (secondary N) is 1. The largest absolute Gasteiger partial charge is 0.301 e. The van der Waals surface area contributed by atoms with Crippen molar-refractivity contribution < 1.29 is 0 Å². The second-order valence-electron chi connectivity index (χ2n) is 7.88. The minimum Gasteiger partial charge on any atom is -0.301 e. The Bertz CT molecular complexity index is 843. The zero-order chi connectivity index (χ0) is 19.2. The third-order valence-electron chi connectivity index (χ3n) is 5.86. The molecule has 1 saturated heterocycles. The van der Waals surface area contributed by atoms with Crippen molar-refractivity contribution in [3.05, 3.63) is 78.0 Å². The van der Waals surface area contributed by atoms with E-state index in [2.05, 4.69) is 87.7 Å². The highest BCUT2D eigenvalue weighted by atomic mass is 15.2. The van der Waals surface area contributed by atoms with Gasteiger partial charge in [0, 0.05) is 31.2 Å². The summed E-state index contributed by atoms with van der Waals surface area (Å²) in [5.41, 5.74) is 5.06. The average molecular weight is 375 g/mol. The standard InChI is InChI=1S/C24H30N4/c1-27(18-22-17-25-26-24(22)21-11-6-3-7-12-21)23-13-8-15-28(19-23)16-14-20-9-4-2-5-10-20/h2-7,9-12,17,23H,8,13-16,18-19H2,1H3,(H,25,26). The van der Waals surface area contributed by atoms with Crippen LogP contribution in [0.4, 0.5) is 0 Å². The third kappa shape index (κ3) is 4.70. The lowest BCUT2D eigenvalue weighted by Gasteiger charge is -2.37. The fourth-order valence-corrected chi connectivity index (χ4v) is 4.21. The van der Waals surface area contributed by atoms with E-state index in [-0.39, 0.29) is 0 Å². The Kier molecular flexibility index (Phi) is 6.20. The molecule has 3 aromatic rings. The van der Waals surface area contributed by atoms with Gasteiger partial charge in [0.15, 0.2) is 0 Å². The summed E-state index contributed by atoms with van der Waals surface area (Å²) in [6.07, 6.45) is 5.67. The molecule has 1 fully saturated rings. The summed E-state index contributed by atoms with van der Waals surface area (Å²) in [7, 11) is 2.26. The normalized spacial score (nSPS) is 17.9. The first-order valence-corrected chi connectivity index (χ1v) is 10.3. The summed E-state index contributed by atoms with van der Waals surface area (Å²) in [6, 6.07) is 21.9. The van der Waals surface area contributed by atoms with E-state index in [1.54, 1.807) is 0 Å². The van der Waals surface area contributed by atoms with Crippen molar-refractivity contribution >= 4 is 0 Å². The van der Waals surface area contributed by atoms with Gasteiger partial charge < -0.3 is 4.90 Å². The summed E-state index contributed by atoms with van der Waals surface area (Å²) in [6.45, 7) is 4.45. The molecule has 2 heterocycles. The van der Waals surface area contributed by atoms with Crippen molar-refractivity contribution in [3.63, 3.8) is 0 Å². The second kappa shape index (κ2) is 9.18. The summed E-state index contributed by atoms with van der Waals surface area (Å²) in [4.78, 5) is 5.14. The number of rotatable bonds is 7. The summed E-state index contributed by atoms with van der Waals surface area (Å²) in [5.74, 6) is 0. The van der Waals surface area contributed by atoms with E-state index in [9.17, 15) is 0 Å². The zero-order valence-corrected chi connectivity index (χ0v) is 16.7. The van der Waals surface area contributed by atoms with Gasteiger partial charge in [-0.05, 0) is 44.0 Å². The topological polar surface area (TPSA) is 35.2 Å². The molecule has 1 aromatic heterocycles.